The van der Waals surface area contributed by atoms with Crippen molar-refractivity contribution in [2.24, 2.45) is 0 Å². The average Bonchev–Trinajstić information content (AvgIpc) is 2.33. The number of halogens is 10. The van der Waals surface area contributed by atoms with E-state index in [9.17, 15) is 48.7 Å². The van der Waals surface area contributed by atoms with E-state index in [1.165, 1.54) is 33.9 Å². The van der Waals surface area contributed by atoms with Gasteiger partial charge in [0.15, 0.2) is 5.76 Å². The van der Waals surface area contributed by atoms with Gasteiger partial charge in [0.25, 0.3) is 0 Å². The summed E-state index contributed by atoms with van der Waals surface area (Å²) >= 11 is 0. The number of allylic oxidation sites excluding steroid dienone is 2. The molecule has 2 nitrogen and oxygen atoms in total. The number of hydrogen-bond acceptors (Lipinski definition) is 2. The lowest BCUT2D eigenvalue weighted by atomic mass is 10.1. The second kappa shape index (κ2) is 6.71. The number of ketones is 1. The van der Waals surface area contributed by atoms with E-state index in [0.717, 1.165) is 0 Å². The lowest BCUT2D eigenvalue weighted by molar-refractivity contribution is -0.342. The lowest BCUT2D eigenvalue weighted by Gasteiger charge is -2.37. The molecule has 0 radical (unpaired) electrons. The highest BCUT2D eigenvalue weighted by atomic mass is 28.4. The van der Waals surface area contributed by atoms with Crippen LogP contribution in [0.25, 0.3) is 0 Å². The van der Waals surface area contributed by atoms with Crippen molar-refractivity contribution in [1.29, 1.82) is 0 Å². The minimum atomic E-state index is -6.86. The second-order valence-corrected chi connectivity index (χ2v) is 11.6. The van der Waals surface area contributed by atoms with E-state index in [-0.39, 0.29) is 0 Å². The molecule has 0 aromatic rings. The van der Waals surface area contributed by atoms with Gasteiger partial charge in [0.1, 0.15) is 0 Å². The zero-order chi connectivity index (χ0) is 21.6. The summed E-state index contributed by atoms with van der Waals surface area (Å²) in [6.07, 6.45) is -13.5. The van der Waals surface area contributed by atoms with Crippen molar-refractivity contribution in [2.75, 3.05) is 0 Å². The van der Waals surface area contributed by atoms with E-state index in [2.05, 4.69) is 4.43 Å². The van der Waals surface area contributed by atoms with Crippen LogP contribution in [0.4, 0.5) is 43.9 Å². The van der Waals surface area contributed by atoms with Crippen LogP contribution in [-0.2, 0) is 9.22 Å². The van der Waals surface area contributed by atoms with Crippen molar-refractivity contribution in [3.05, 3.63) is 11.8 Å². The molecule has 0 aromatic heterocycles. The van der Waals surface area contributed by atoms with Crippen molar-refractivity contribution in [2.45, 2.75) is 63.1 Å². The molecule has 0 aliphatic heterocycles. The predicted octanol–water partition coefficient (Wildman–Crippen LogP) is 5.86. The molecule has 0 saturated carbocycles. The Bertz CT molecular complexity index is 567. The van der Waals surface area contributed by atoms with Gasteiger partial charge in [0.2, 0.25) is 14.1 Å². The minimum absolute atomic E-state index is 0.918. The average molecular weight is 422 g/mol. The molecular weight excluding hydrogens is 406 g/mol. The molecule has 0 atom stereocenters. The van der Waals surface area contributed by atoms with Crippen LogP contribution in [0.1, 0.15) is 20.8 Å². The molecule has 0 fully saturated rings. The first-order valence-electron chi connectivity index (χ1n) is 6.83. The molecule has 0 aliphatic rings. The topological polar surface area (TPSA) is 26.3 Å². The minimum Gasteiger partial charge on any atom is -0.540 e. The smallest absolute Gasteiger partial charge is 0.460 e. The number of hydrogen-bond donors (Lipinski definition) is 0. The highest BCUT2D eigenvalue weighted by Crippen LogP contribution is 2.48. The first-order chi connectivity index (χ1) is 11.0. The Hall–Kier alpha value is -1.27. The van der Waals surface area contributed by atoms with Gasteiger partial charge in [0.05, 0.1) is 0 Å². The Labute approximate surface area is 143 Å². The summed E-state index contributed by atoms with van der Waals surface area (Å²) in [6.45, 7) is 6.78. The predicted molar refractivity (Wildman–Crippen MR) is 73.4 cm³/mol. The molecule has 0 bridgehead atoms. The van der Waals surface area contributed by atoms with E-state index in [1.54, 1.807) is 0 Å². The molecule has 0 N–H and O–H groups in total. The molecule has 0 unspecified atom stereocenters. The normalized spacial score (nSPS) is 15.9. The molecule has 13 heteroatoms. The van der Waals surface area contributed by atoms with Crippen LogP contribution in [0.2, 0.25) is 18.1 Å². The molecule has 0 rings (SSSR count). The van der Waals surface area contributed by atoms with Crippen molar-refractivity contribution in [3.63, 3.8) is 0 Å². The zero-order valence-corrected chi connectivity index (χ0v) is 15.2. The summed E-state index contributed by atoms with van der Waals surface area (Å²) in [6, 6.07) is 0. The fourth-order valence-electron chi connectivity index (χ4n) is 1.14. The van der Waals surface area contributed by atoms with Crippen LogP contribution >= 0.6 is 0 Å². The fourth-order valence-corrected chi connectivity index (χ4v) is 2.17. The van der Waals surface area contributed by atoms with E-state index in [0.29, 0.717) is 0 Å². The third-order valence-electron chi connectivity index (χ3n) is 3.77. The zero-order valence-electron chi connectivity index (χ0n) is 14.2. The van der Waals surface area contributed by atoms with E-state index in [1.807, 2.05) is 0 Å². The maximum Gasteiger partial charge on any atom is 0.460 e. The van der Waals surface area contributed by atoms with Crippen LogP contribution < -0.4 is 0 Å². The molecular formula is C13H16F10O2Si. The van der Waals surface area contributed by atoms with E-state index < -0.39 is 55.2 Å². The van der Waals surface area contributed by atoms with Crippen LogP contribution in [-0.4, -0.2) is 38.3 Å². The Morgan fingerprint density at radius 2 is 1.23 bits per heavy atom. The van der Waals surface area contributed by atoms with Gasteiger partial charge in [-0.05, 0) is 18.1 Å². The maximum absolute atomic E-state index is 13.2. The Kier molecular flexibility index (Phi) is 6.38. The number of alkyl halides is 10. The summed E-state index contributed by atoms with van der Waals surface area (Å²) in [5.41, 5.74) is 0. The monoisotopic (exact) mass is 422 g/mol. The van der Waals surface area contributed by atoms with Crippen LogP contribution in [0.5, 0.6) is 0 Å². The molecule has 26 heavy (non-hydrogen) atoms. The van der Waals surface area contributed by atoms with Crippen molar-refractivity contribution in [3.8, 4) is 0 Å². The first-order valence-corrected chi connectivity index (χ1v) is 9.74. The summed E-state index contributed by atoms with van der Waals surface area (Å²) < 4.78 is 132. The summed E-state index contributed by atoms with van der Waals surface area (Å²) in [5, 5.41) is -0.918. The van der Waals surface area contributed by atoms with Gasteiger partial charge in [-0.3, -0.25) is 4.79 Å². The van der Waals surface area contributed by atoms with Gasteiger partial charge in [-0.25, -0.2) is 0 Å². The van der Waals surface area contributed by atoms with Crippen LogP contribution in [0.3, 0.4) is 0 Å². The number of carbonyl (C=O) groups is 1. The maximum atomic E-state index is 13.2. The first kappa shape index (κ1) is 24.7. The third-order valence-corrected chi connectivity index (χ3v) is 8.12. The van der Waals surface area contributed by atoms with Gasteiger partial charge in [0, 0.05) is 6.08 Å². The molecule has 0 saturated heterocycles. The second-order valence-electron chi connectivity index (χ2n) is 6.88. The molecule has 0 heterocycles. The SMILES string of the molecule is CC(C)(C)[Si](C)(C)OC(=CC(=O)C(F)(F)C(F)(F)C(F)(F)F)C(F)(F)F. The van der Waals surface area contributed by atoms with Gasteiger partial charge >= 0.3 is 24.2 Å². The van der Waals surface area contributed by atoms with Crippen LogP contribution in [0, 0.1) is 0 Å². The summed E-state index contributed by atoms with van der Waals surface area (Å²) in [5.74, 6) is -19.0. The molecule has 0 aromatic carbocycles. The highest BCUT2D eigenvalue weighted by molar-refractivity contribution is 6.74. The Morgan fingerprint density at radius 3 is 1.50 bits per heavy atom. The van der Waals surface area contributed by atoms with E-state index in [4.69, 9.17) is 0 Å². The summed E-state index contributed by atoms with van der Waals surface area (Å²) in [4.78, 5) is 11.2. The Morgan fingerprint density at radius 1 is 0.846 bits per heavy atom. The molecule has 0 aliphatic carbocycles. The molecule has 154 valence electrons. The van der Waals surface area contributed by atoms with Crippen molar-refractivity contribution in [1.82, 2.24) is 0 Å². The number of rotatable bonds is 5. The Balaban J connectivity index is 6.11. The van der Waals surface area contributed by atoms with Gasteiger partial charge in [-0.2, -0.15) is 43.9 Å². The lowest BCUT2D eigenvalue weighted by Crippen LogP contribution is -2.56. The van der Waals surface area contributed by atoms with E-state index >= 15 is 0 Å². The standard InChI is InChI=1S/C13H16F10O2Si/c1-9(2,3)26(4,5)25-8(11(16,17)18)6-7(24)10(14,15)12(19,20)13(21,22)23/h6H,1-5H3. The molecule has 0 amide bonds. The van der Waals surface area contributed by atoms with Gasteiger partial charge in [-0.1, -0.05) is 20.8 Å². The van der Waals surface area contributed by atoms with Crippen molar-refractivity contribution < 1.29 is 53.1 Å². The number of carbonyl (C=O) groups excluding carboxylic acids is 1. The van der Waals surface area contributed by atoms with Crippen LogP contribution in [0.15, 0.2) is 11.8 Å². The van der Waals surface area contributed by atoms with Crippen molar-refractivity contribution >= 4 is 14.1 Å². The quantitative estimate of drug-likeness (QED) is 0.240. The molecule has 0 spiro atoms. The fraction of sp³-hybridized carbons (Fsp3) is 0.769. The highest BCUT2D eigenvalue weighted by Gasteiger charge is 2.75. The van der Waals surface area contributed by atoms with Gasteiger partial charge in [-0.15, -0.1) is 0 Å². The summed E-state index contributed by atoms with van der Waals surface area (Å²) in [7, 11) is -3.38. The third kappa shape index (κ3) is 4.91. The largest absolute Gasteiger partial charge is 0.540 e. The van der Waals surface area contributed by atoms with Gasteiger partial charge < -0.3 is 4.43 Å².